The van der Waals surface area contributed by atoms with Gasteiger partial charge >= 0.3 is 0 Å². The van der Waals surface area contributed by atoms with E-state index >= 15 is 0 Å². The summed E-state index contributed by atoms with van der Waals surface area (Å²) in [5.41, 5.74) is 0. The fourth-order valence-electron chi connectivity index (χ4n) is 2.56. The highest BCUT2D eigenvalue weighted by atomic mass is 16.5. The highest BCUT2D eigenvalue weighted by molar-refractivity contribution is 5.79. The number of ether oxygens (including phenoxy) is 1. The van der Waals surface area contributed by atoms with Crippen molar-refractivity contribution < 1.29 is 14.3 Å². The number of aromatic nitrogens is 2. The second kappa shape index (κ2) is 5.00. The average molecular weight is 264 g/mol. The van der Waals surface area contributed by atoms with Gasteiger partial charge in [-0.2, -0.15) is 0 Å². The van der Waals surface area contributed by atoms with Crippen LogP contribution in [0.3, 0.4) is 0 Å². The van der Waals surface area contributed by atoms with Crippen molar-refractivity contribution in [3.05, 3.63) is 18.7 Å². The third-order valence-electron chi connectivity index (χ3n) is 3.55. The Morgan fingerprint density at radius 3 is 3.26 bits per heavy atom. The number of rotatable bonds is 2. The Labute approximate surface area is 110 Å². The molecule has 2 amide bonds. The Hall–Kier alpha value is -1.89. The molecule has 0 radical (unpaired) electrons. The van der Waals surface area contributed by atoms with E-state index in [0.717, 1.165) is 6.42 Å². The van der Waals surface area contributed by atoms with Gasteiger partial charge in [0.1, 0.15) is 13.2 Å². The normalized spacial score (nSPS) is 26.7. The van der Waals surface area contributed by atoms with Crippen molar-refractivity contribution in [3.63, 3.8) is 0 Å². The first-order valence-corrected chi connectivity index (χ1v) is 6.37. The Morgan fingerprint density at radius 2 is 2.47 bits per heavy atom. The Kier molecular flexibility index (Phi) is 3.20. The maximum atomic E-state index is 12.1. The predicted octanol–water partition coefficient (Wildman–Crippen LogP) is -1.00. The standard InChI is InChI=1S/C12H16N4O3/c17-11-7-19-10-1-3-16(5-9(10)14-11)12(18)6-15-4-2-13-8-15/h2,4,8-10H,1,3,5-7H2,(H,14,17)/t9-,10+/m0/s1. The van der Waals surface area contributed by atoms with Crippen LogP contribution in [0.5, 0.6) is 0 Å². The van der Waals surface area contributed by atoms with Gasteiger partial charge in [0, 0.05) is 25.5 Å². The average Bonchev–Trinajstić information content (AvgIpc) is 2.90. The number of hydrogen-bond acceptors (Lipinski definition) is 4. The van der Waals surface area contributed by atoms with Crippen molar-refractivity contribution in [2.75, 3.05) is 19.7 Å². The lowest BCUT2D eigenvalue weighted by atomic mass is 10.0. The van der Waals surface area contributed by atoms with Crippen LogP contribution in [0.25, 0.3) is 0 Å². The van der Waals surface area contributed by atoms with Crippen LogP contribution in [-0.2, 0) is 20.9 Å². The molecule has 1 N–H and O–H groups in total. The van der Waals surface area contributed by atoms with Crippen LogP contribution in [-0.4, -0.2) is 58.1 Å². The number of nitrogens with zero attached hydrogens (tertiary/aromatic N) is 3. The number of nitrogens with one attached hydrogen (secondary N) is 1. The number of likely N-dealkylation sites (tertiary alicyclic amines) is 1. The Bertz CT molecular complexity index is 473. The number of morpholine rings is 1. The van der Waals surface area contributed by atoms with Crippen LogP contribution in [0.1, 0.15) is 6.42 Å². The summed E-state index contributed by atoms with van der Waals surface area (Å²) in [6.07, 6.45) is 5.83. The number of hydrogen-bond donors (Lipinski definition) is 1. The molecule has 1 aromatic rings. The molecule has 2 aliphatic rings. The molecule has 0 aliphatic carbocycles. The van der Waals surface area contributed by atoms with Crippen LogP contribution < -0.4 is 5.32 Å². The molecule has 2 saturated heterocycles. The van der Waals surface area contributed by atoms with Crippen LogP contribution in [0.2, 0.25) is 0 Å². The van der Waals surface area contributed by atoms with Gasteiger partial charge in [-0.3, -0.25) is 9.59 Å². The van der Waals surface area contributed by atoms with Gasteiger partial charge in [-0.25, -0.2) is 4.98 Å². The zero-order valence-corrected chi connectivity index (χ0v) is 10.5. The molecule has 3 heterocycles. The molecule has 7 nitrogen and oxygen atoms in total. The van der Waals surface area contributed by atoms with E-state index in [1.54, 1.807) is 28.2 Å². The molecular weight excluding hydrogens is 248 g/mol. The highest BCUT2D eigenvalue weighted by Crippen LogP contribution is 2.17. The molecule has 2 atom stereocenters. The molecule has 1 aromatic heterocycles. The summed E-state index contributed by atoms with van der Waals surface area (Å²) in [5, 5.41) is 2.89. The van der Waals surface area contributed by atoms with Gasteiger partial charge in [0.15, 0.2) is 0 Å². The first-order chi connectivity index (χ1) is 9.22. The zero-order chi connectivity index (χ0) is 13.2. The van der Waals surface area contributed by atoms with E-state index in [9.17, 15) is 9.59 Å². The van der Waals surface area contributed by atoms with Crippen LogP contribution >= 0.6 is 0 Å². The minimum absolute atomic E-state index is 0.0370. The Morgan fingerprint density at radius 1 is 1.58 bits per heavy atom. The number of imidazole rings is 1. The molecular formula is C12H16N4O3. The summed E-state index contributed by atoms with van der Waals surface area (Å²) in [4.78, 5) is 29.1. The van der Waals surface area contributed by atoms with Gasteiger partial charge < -0.3 is 19.5 Å². The van der Waals surface area contributed by atoms with Gasteiger partial charge in [0.2, 0.25) is 11.8 Å². The van der Waals surface area contributed by atoms with E-state index in [4.69, 9.17) is 4.74 Å². The second-order valence-electron chi connectivity index (χ2n) is 4.89. The molecule has 102 valence electrons. The largest absolute Gasteiger partial charge is 0.366 e. The van der Waals surface area contributed by atoms with Gasteiger partial charge in [-0.15, -0.1) is 0 Å². The van der Waals surface area contributed by atoms with Gasteiger partial charge in [0.05, 0.1) is 18.5 Å². The smallest absolute Gasteiger partial charge is 0.246 e. The number of carbonyl (C=O) groups excluding carboxylic acids is 2. The summed E-state index contributed by atoms with van der Waals surface area (Å²) in [5.74, 6) is -0.0681. The molecule has 0 saturated carbocycles. The summed E-state index contributed by atoms with van der Waals surface area (Å²) in [6.45, 7) is 1.60. The minimum atomic E-state index is -0.106. The minimum Gasteiger partial charge on any atom is -0.366 e. The summed E-state index contributed by atoms with van der Waals surface area (Å²) in [6, 6.07) is -0.0817. The van der Waals surface area contributed by atoms with Crippen molar-refractivity contribution in [2.45, 2.75) is 25.1 Å². The summed E-state index contributed by atoms with van der Waals surface area (Å²) in [7, 11) is 0. The molecule has 7 heteroatoms. The SMILES string of the molecule is O=C1CO[C@@H]2CCN(C(=O)Cn3ccnc3)C[C@@H]2N1. The fourth-order valence-corrected chi connectivity index (χ4v) is 2.56. The van der Waals surface area contributed by atoms with Crippen LogP contribution in [0, 0.1) is 0 Å². The Balaban J connectivity index is 1.60. The lowest BCUT2D eigenvalue weighted by molar-refractivity contribution is -0.146. The molecule has 0 spiro atoms. The van der Waals surface area contributed by atoms with E-state index < -0.39 is 0 Å². The van der Waals surface area contributed by atoms with E-state index in [-0.39, 0.29) is 37.1 Å². The number of carbonyl (C=O) groups is 2. The fraction of sp³-hybridized carbons (Fsp3) is 0.583. The van der Waals surface area contributed by atoms with Crippen LogP contribution in [0.4, 0.5) is 0 Å². The maximum Gasteiger partial charge on any atom is 0.246 e. The number of amides is 2. The molecule has 0 bridgehead atoms. The summed E-state index contributed by atoms with van der Waals surface area (Å²) >= 11 is 0. The lowest BCUT2D eigenvalue weighted by Crippen LogP contribution is -2.61. The van der Waals surface area contributed by atoms with E-state index in [0.29, 0.717) is 13.1 Å². The van der Waals surface area contributed by atoms with Crippen molar-refractivity contribution in [1.29, 1.82) is 0 Å². The van der Waals surface area contributed by atoms with E-state index in [1.165, 1.54) is 0 Å². The van der Waals surface area contributed by atoms with Gasteiger partial charge in [-0.1, -0.05) is 0 Å². The van der Waals surface area contributed by atoms with Gasteiger partial charge in [-0.05, 0) is 6.42 Å². The maximum absolute atomic E-state index is 12.1. The number of fused-ring (bicyclic) bond motifs is 1. The first kappa shape index (κ1) is 12.2. The molecule has 2 fully saturated rings. The monoisotopic (exact) mass is 264 g/mol. The van der Waals surface area contributed by atoms with Crippen molar-refractivity contribution in [3.8, 4) is 0 Å². The van der Waals surface area contributed by atoms with E-state index in [2.05, 4.69) is 10.3 Å². The first-order valence-electron chi connectivity index (χ1n) is 6.37. The highest BCUT2D eigenvalue weighted by Gasteiger charge is 2.36. The van der Waals surface area contributed by atoms with Crippen molar-refractivity contribution in [1.82, 2.24) is 19.8 Å². The van der Waals surface area contributed by atoms with Gasteiger partial charge in [0.25, 0.3) is 0 Å². The van der Waals surface area contributed by atoms with Crippen LogP contribution in [0.15, 0.2) is 18.7 Å². The molecule has 3 rings (SSSR count). The second-order valence-corrected chi connectivity index (χ2v) is 4.89. The molecule has 0 aromatic carbocycles. The quantitative estimate of drug-likeness (QED) is 0.743. The molecule has 2 aliphatic heterocycles. The zero-order valence-electron chi connectivity index (χ0n) is 10.5. The topological polar surface area (TPSA) is 76.5 Å². The summed E-state index contributed by atoms with van der Waals surface area (Å²) < 4.78 is 7.20. The molecule has 19 heavy (non-hydrogen) atoms. The van der Waals surface area contributed by atoms with E-state index in [1.807, 2.05) is 0 Å². The lowest BCUT2D eigenvalue weighted by Gasteiger charge is -2.41. The number of piperidine rings is 1. The van der Waals surface area contributed by atoms with Crippen molar-refractivity contribution in [2.24, 2.45) is 0 Å². The predicted molar refractivity (Wildman–Crippen MR) is 65.1 cm³/mol. The molecule has 0 unspecified atom stereocenters. The van der Waals surface area contributed by atoms with Crippen molar-refractivity contribution >= 4 is 11.8 Å². The third-order valence-corrected chi connectivity index (χ3v) is 3.55. The third kappa shape index (κ3) is 2.60.